The van der Waals surface area contributed by atoms with Crippen LogP contribution < -0.4 is 5.32 Å². The molecule has 0 radical (unpaired) electrons. The second kappa shape index (κ2) is 5.28. The Bertz CT molecular complexity index is 625. The summed E-state index contributed by atoms with van der Waals surface area (Å²) in [6.07, 6.45) is 5.33. The fraction of sp³-hybridized carbons (Fsp3) is 0.267. The van der Waals surface area contributed by atoms with Gasteiger partial charge >= 0.3 is 5.97 Å². The summed E-state index contributed by atoms with van der Waals surface area (Å²) >= 11 is 0. The summed E-state index contributed by atoms with van der Waals surface area (Å²) in [6, 6.07) is 7.78. The van der Waals surface area contributed by atoms with Crippen LogP contribution in [0.2, 0.25) is 0 Å². The molecular formula is C15H15N3O2. The monoisotopic (exact) mass is 269 g/mol. The second-order valence-corrected chi connectivity index (χ2v) is 4.70. The van der Waals surface area contributed by atoms with Crippen LogP contribution in [0.4, 0.5) is 5.82 Å². The maximum absolute atomic E-state index is 11.3. The predicted octanol–water partition coefficient (Wildman–Crippen LogP) is 2.36. The van der Waals surface area contributed by atoms with E-state index < -0.39 is 0 Å². The first kappa shape index (κ1) is 12.6. The Balaban J connectivity index is 1.75. The molecule has 0 saturated heterocycles. The quantitative estimate of drug-likeness (QED) is 0.867. The van der Waals surface area contributed by atoms with Crippen molar-refractivity contribution in [2.75, 3.05) is 12.4 Å². The number of hydrogen-bond acceptors (Lipinski definition) is 5. The molecule has 1 atom stereocenters. The van der Waals surface area contributed by atoms with E-state index in [0.29, 0.717) is 5.56 Å². The lowest BCUT2D eigenvalue weighted by atomic mass is 10.1. The summed E-state index contributed by atoms with van der Waals surface area (Å²) in [5, 5.41) is 3.38. The van der Waals surface area contributed by atoms with E-state index in [4.69, 9.17) is 0 Å². The molecule has 0 spiro atoms. The van der Waals surface area contributed by atoms with Crippen LogP contribution in [0, 0.1) is 0 Å². The number of ether oxygens (including phenoxy) is 1. The number of esters is 1. The molecule has 20 heavy (non-hydrogen) atoms. The normalized spacial score (nSPS) is 16.6. The highest BCUT2D eigenvalue weighted by molar-refractivity contribution is 5.89. The molecule has 5 heteroatoms. The third kappa shape index (κ3) is 2.34. The standard InChI is InChI=1S/C15H15N3O2/c1-20-15(19)10-4-7-14(17-9-10)18-13-6-5-12-11(13)3-2-8-16-12/h2-4,7-9,13H,5-6H2,1H3,(H,17,18)/t13-/m1/s1. The van der Waals surface area contributed by atoms with Gasteiger partial charge in [0, 0.05) is 18.1 Å². The number of carbonyl (C=O) groups excluding carboxylic acids is 1. The summed E-state index contributed by atoms with van der Waals surface area (Å²) in [5.74, 6) is 0.374. The van der Waals surface area contributed by atoms with Crippen molar-refractivity contribution in [1.29, 1.82) is 0 Å². The predicted molar refractivity (Wildman–Crippen MR) is 74.5 cm³/mol. The molecule has 1 aliphatic carbocycles. The average molecular weight is 269 g/mol. The minimum absolute atomic E-state index is 0.232. The van der Waals surface area contributed by atoms with Crippen molar-refractivity contribution in [3.8, 4) is 0 Å². The number of carbonyl (C=O) groups is 1. The molecule has 3 rings (SSSR count). The Hall–Kier alpha value is -2.43. The number of aromatic nitrogens is 2. The minimum Gasteiger partial charge on any atom is -0.465 e. The van der Waals surface area contributed by atoms with E-state index in [1.807, 2.05) is 12.3 Å². The summed E-state index contributed by atoms with van der Waals surface area (Å²) in [4.78, 5) is 20.0. The highest BCUT2D eigenvalue weighted by atomic mass is 16.5. The van der Waals surface area contributed by atoms with E-state index in [9.17, 15) is 4.79 Å². The van der Waals surface area contributed by atoms with Gasteiger partial charge in [-0.3, -0.25) is 4.98 Å². The molecule has 0 aliphatic heterocycles. The molecule has 5 nitrogen and oxygen atoms in total. The maximum Gasteiger partial charge on any atom is 0.339 e. The third-order valence-corrected chi connectivity index (χ3v) is 3.48. The topological polar surface area (TPSA) is 64.1 Å². The number of anilines is 1. The van der Waals surface area contributed by atoms with Crippen LogP contribution in [0.25, 0.3) is 0 Å². The third-order valence-electron chi connectivity index (χ3n) is 3.48. The van der Waals surface area contributed by atoms with Crippen molar-refractivity contribution >= 4 is 11.8 Å². The fourth-order valence-corrected chi connectivity index (χ4v) is 2.46. The molecule has 2 aromatic rings. The molecule has 0 amide bonds. The number of rotatable bonds is 3. The van der Waals surface area contributed by atoms with Crippen molar-refractivity contribution < 1.29 is 9.53 Å². The van der Waals surface area contributed by atoms with E-state index in [1.54, 1.807) is 12.1 Å². The SMILES string of the molecule is COC(=O)c1ccc(N[C@@H]2CCc3ncccc32)nc1. The highest BCUT2D eigenvalue weighted by Gasteiger charge is 2.23. The summed E-state index contributed by atoms with van der Waals surface area (Å²) < 4.78 is 4.65. The van der Waals surface area contributed by atoms with E-state index in [-0.39, 0.29) is 12.0 Å². The first-order valence-corrected chi connectivity index (χ1v) is 6.52. The average Bonchev–Trinajstić information content (AvgIpc) is 2.91. The number of pyridine rings is 2. The number of nitrogens with zero attached hydrogens (tertiary/aromatic N) is 2. The number of aryl methyl sites for hydroxylation is 1. The van der Waals surface area contributed by atoms with Gasteiger partial charge in [0.1, 0.15) is 5.82 Å². The lowest BCUT2D eigenvalue weighted by molar-refractivity contribution is 0.0600. The first-order chi connectivity index (χ1) is 9.78. The summed E-state index contributed by atoms with van der Waals surface area (Å²) in [5.41, 5.74) is 2.83. The van der Waals surface area contributed by atoms with Crippen LogP contribution in [-0.4, -0.2) is 23.0 Å². The van der Waals surface area contributed by atoms with Crippen LogP contribution in [0.3, 0.4) is 0 Å². The van der Waals surface area contributed by atoms with Crippen LogP contribution in [-0.2, 0) is 11.2 Å². The largest absolute Gasteiger partial charge is 0.465 e. The number of hydrogen-bond donors (Lipinski definition) is 1. The minimum atomic E-state index is -0.375. The molecule has 0 unspecified atom stereocenters. The van der Waals surface area contributed by atoms with E-state index in [1.165, 1.54) is 18.9 Å². The molecule has 1 aliphatic rings. The molecule has 102 valence electrons. The molecule has 0 saturated carbocycles. The summed E-state index contributed by atoms with van der Waals surface area (Å²) in [6.45, 7) is 0. The van der Waals surface area contributed by atoms with Crippen LogP contribution in [0.5, 0.6) is 0 Å². The van der Waals surface area contributed by atoms with Crippen molar-refractivity contribution in [1.82, 2.24) is 9.97 Å². The van der Waals surface area contributed by atoms with Crippen molar-refractivity contribution in [3.63, 3.8) is 0 Å². The Morgan fingerprint density at radius 3 is 3.00 bits per heavy atom. The van der Waals surface area contributed by atoms with Crippen LogP contribution >= 0.6 is 0 Å². The van der Waals surface area contributed by atoms with Gasteiger partial charge in [0.25, 0.3) is 0 Å². The van der Waals surface area contributed by atoms with Gasteiger partial charge in [-0.25, -0.2) is 9.78 Å². The van der Waals surface area contributed by atoms with Gasteiger partial charge in [-0.2, -0.15) is 0 Å². The smallest absolute Gasteiger partial charge is 0.339 e. The van der Waals surface area contributed by atoms with Crippen molar-refractivity contribution in [2.24, 2.45) is 0 Å². The Labute approximate surface area is 117 Å². The number of methoxy groups -OCH3 is 1. The van der Waals surface area contributed by atoms with Gasteiger partial charge in [0.2, 0.25) is 0 Å². The van der Waals surface area contributed by atoms with Crippen LogP contribution in [0.15, 0.2) is 36.7 Å². The van der Waals surface area contributed by atoms with Crippen molar-refractivity contribution in [2.45, 2.75) is 18.9 Å². The van der Waals surface area contributed by atoms with Crippen molar-refractivity contribution in [3.05, 3.63) is 53.5 Å². The number of nitrogens with one attached hydrogen (secondary N) is 1. The molecular weight excluding hydrogens is 254 g/mol. The van der Waals surface area contributed by atoms with Gasteiger partial charge in [0.05, 0.1) is 18.7 Å². The fourth-order valence-electron chi connectivity index (χ4n) is 2.46. The zero-order valence-corrected chi connectivity index (χ0v) is 11.2. The zero-order chi connectivity index (χ0) is 13.9. The maximum atomic E-state index is 11.3. The lowest BCUT2D eigenvalue weighted by Crippen LogP contribution is -2.09. The zero-order valence-electron chi connectivity index (χ0n) is 11.2. The Morgan fingerprint density at radius 2 is 2.25 bits per heavy atom. The molecule has 0 bridgehead atoms. The Kier molecular flexibility index (Phi) is 3.33. The molecule has 0 aromatic carbocycles. The number of fused-ring (bicyclic) bond motifs is 1. The Morgan fingerprint density at radius 1 is 1.35 bits per heavy atom. The van der Waals surface area contributed by atoms with E-state index in [2.05, 4.69) is 26.1 Å². The van der Waals surface area contributed by atoms with Gasteiger partial charge in [0.15, 0.2) is 0 Å². The molecule has 1 N–H and O–H groups in total. The first-order valence-electron chi connectivity index (χ1n) is 6.52. The van der Waals surface area contributed by atoms with Gasteiger partial charge < -0.3 is 10.1 Å². The molecule has 0 fully saturated rings. The summed E-state index contributed by atoms with van der Waals surface area (Å²) in [7, 11) is 1.36. The van der Waals surface area contributed by atoms with Gasteiger partial charge in [-0.05, 0) is 36.6 Å². The second-order valence-electron chi connectivity index (χ2n) is 4.70. The highest BCUT2D eigenvalue weighted by Crippen LogP contribution is 2.31. The molecule has 2 heterocycles. The van der Waals surface area contributed by atoms with E-state index >= 15 is 0 Å². The van der Waals surface area contributed by atoms with Gasteiger partial charge in [-0.15, -0.1) is 0 Å². The van der Waals surface area contributed by atoms with Gasteiger partial charge in [-0.1, -0.05) is 6.07 Å². The lowest BCUT2D eigenvalue weighted by Gasteiger charge is -2.14. The van der Waals surface area contributed by atoms with Crippen LogP contribution in [0.1, 0.15) is 34.1 Å². The molecule has 2 aromatic heterocycles. The van der Waals surface area contributed by atoms with E-state index in [0.717, 1.165) is 24.4 Å².